The van der Waals surface area contributed by atoms with Crippen molar-refractivity contribution in [1.82, 2.24) is 0 Å². The highest BCUT2D eigenvalue weighted by Gasteiger charge is 2.08. The van der Waals surface area contributed by atoms with Crippen molar-refractivity contribution in [3.05, 3.63) is 48.0 Å². The SMILES string of the molecule is COc1ccc(NC(=O)COc2ccc(C(C)=O)cc2)cc1OC. The molecule has 0 aliphatic rings. The minimum atomic E-state index is -0.308. The summed E-state index contributed by atoms with van der Waals surface area (Å²) in [7, 11) is 3.07. The second kappa shape index (κ2) is 8.01. The van der Waals surface area contributed by atoms with Crippen LogP contribution >= 0.6 is 0 Å². The first-order valence-electron chi connectivity index (χ1n) is 7.29. The zero-order valence-corrected chi connectivity index (χ0v) is 13.8. The van der Waals surface area contributed by atoms with Crippen LogP contribution in [0.3, 0.4) is 0 Å². The third-order valence-corrected chi connectivity index (χ3v) is 3.30. The molecule has 0 atom stereocenters. The lowest BCUT2D eigenvalue weighted by molar-refractivity contribution is -0.118. The highest BCUT2D eigenvalue weighted by molar-refractivity contribution is 5.94. The molecule has 0 radical (unpaired) electrons. The second-order valence-corrected chi connectivity index (χ2v) is 4.99. The van der Waals surface area contributed by atoms with Gasteiger partial charge in [0.25, 0.3) is 5.91 Å². The number of Topliss-reactive ketones (excluding diaryl/α,β-unsaturated/α-hetero) is 1. The third kappa shape index (κ3) is 4.49. The molecule has 0 saturated carbocycles. The number of hydrogen-bond acceptors (Lipinski definition) is 5. The van der Waals surface area contributed by atoms with Crippen molar-refractivity contribution in [3.8, 4) is 17.2 Å². The Morgan fingerprint density at radius 3 is 2.21 bits per heavy atom. The van der Waals surface area contributed by atoms with E-state index in [4.69, 9.17) is 14.2 Å². The molecule has 0 aromatic heterocycles. The summed E-state index contributed by atoms with van der Waals surface area (Å²) >= 11 is 0. The van der Waals surface area contributed by atoms with Crippen molar-refractivity contribution >= 4 is 17.4 Å². The van der Waals surface area contributed by atoms with Crippen molar-refractivity contribution in [2.75, 3.05) is 26.1 Å². The fourth-order valence-corrected chi connectivity index (χ4v) is 2.05. The van der Waals surface area contributed by atoms with Gasteiger partial charge in [-0.25, -0.2) is 0 Å². The van der Waals surface area contributed by atoms with E-state index in [1.54, 1.807) is 49.6 Å². The molecule has 1 amide bonds. The minimum Gasteiger partial charge on any atom is -0.493 e. The van der Waals surface area contributed by atoms with Gasteiger partial charge >= 0.3 is 0 Å². The van der Waals surface area contributed by atoms with Crippen molar-refractivity contribution in [2.45, 2.75) is 6.92 Å². The number of anilines is 1. The standard InChI is InChI=1S/C18H19NO5/c1-12(20)13-4-7-15(8-5-13)24-11-18(21)19-14-6-9-16(22-2)17(10-14)23-3/h4-10H,11H2,1-3H3,(H,19,21). The number of rotatable bonds is 7. The van der Waals surface area contributed by atoms with Gasteiger partial charge in [-0.3, -0.25) is 9.59 Å². The average Bonchev–Trinajstić information content (AvgIpc) is 2.60. The van der Waals surface area contributed by atoms with Gasteiger partial charge in [0.15, 0.2) is 23.9 Å². The zero-order chi connectivity index (χ0) is 17.5. The molecule has 1 N–H and O–H groups in total. The lowest BCUT2D eigenvalue weighted by atomic mass is 10.1. The molecule has 0 unspecified atom stereocenters. The van der Waals surface area contributed by atoms with Crippen molar-refractivity contribution in [2.24, 2.45) is 0 Å². The van der Waals surface area contributed by atoms with Gasteiger partial charge in [-0.1, -0.05) is 0 Å². The van der Waals surface area contributed by atoms with E-state index in [1.165, 1.54) is 14.0 Å². The number of ether oxygens (including phenoxy) is 3. The molecule has 0 aliphatic heterocycles. The summed E-state index contributed by atoms with van der Waals surface area (Å²) in [5.41, 5.74) is 1.17. The first kappa shape index (κ1) is 17.3. The van der Waals surface area contributed by atoms with Crippen LogP contribution in [0.4, 0.5) is 5.69 Å². The second-order valence-electron chi connectivity index (χ2n) is 4.99. The number of nitrogens with one attached hydrogen (secondary N) is 1. The van der Waals surface area contributed by atoms with Crippen LogP contribution < -0.4 is 19.5 Å². The van der Waals surface area contributed by atoms with Gasteiger partial charge in [-0.15, -0.1) is 0 Å². The maximum Gasteiger partial charge on any atom is 0.262 e. The zero-order valence-electron chi connectivity index (χ0n) is 13.8. The molecule has 0 heterocycles. The van der Waals surface area contributed by atoms with Crippen molar-refractivity contribution in [3.63, 3.8) is 0 Å². The van der Waals surface area contributed by atoms with Gasteiger partial charge in [0, 0.05) is 17.3 Å². The summed E-state index contributed by atoms with van der Waals surface area (Å²) in [6.07, 6.45) is 0. The summed E-state index contributed by atoms with van der Waals surface area (Å²) < 4.78 is 15.7. The fourth-order valence-electron chi connectivity index (χ4n) is 2.05. The van der Waals surface area contributed by atoms with Crippen LogP contribution in [0, 0.1) is 0 Å². The molecule has 0 bridgehead atoms. The van der Waals surface area contributed by atoms with Crippen LogP contribution in [-0.2, 0) is 4.79 Å². The quantitative estimate of drug-likeness (QED) is 0.791. The Morgan fingerprint density at radius 1 is 0.958 bits per heavy atom. The smallest absolute Gasteiger partial charge is 0.262 e. The lowest BCUT2D eigenvalue weighted by Gasteiger charge is -2.11. The van der Waals surface area contributed by atoms with Crippen LogP contribution in [0.5, 0.6) is 17.2 Å². The van der Waals surface area contributed by atoms with Crippen LogP contribution in [0.15, 0.2) is 42.5 Å². The normalized spacial score (nSPS) is 9.96. The molecule has 0 fully saturated rings. The highest BCUT2D eigenvalue weighted by Crippen LogP contribution is 2.29. The number of benzene rings is 2. The molecule has 2 aromatic carbocycles. The summed E-state index contributed by atoms with van der Waals surface area (Å²) in [5.74, 6) is 1.29. The minimum absolute atomic E-state index is 0.0206. The van der Waals surface area contributed by atoms with Gasteiger partial charge in [0.05, 0.1) is 14.2 Å². The summed E-state index contributed by atoms with van der Waals surface area (Å²) in [5, 5.41) is 2.71. The Kier molecular flexibility index (Phi) is 5.78. The van der Waals surface area contributed by atoms with E-state index >= 15 is 0 Å². The molecule has 0 aliphatic carbocycles. The number of amides is 1. The Hall–Kier alpha value is -3.02. The molecule has 2 rings (SSSR count). The molecule has 0 saturated heterocycles. The van der Waals surface area contributed by atoms with Crippen LogP contribution in [0.1, 0.15) is 17.3 Å². The Morgan fingerprint density at radius 2 is 1.62 bits per heavy atom. The Balaban J connectivity index is 1.92. The molecule has 126 valence electrons. The van der Waals surface area contributed by atoms with E-state index in [2.05, 4.69) is 5.32 Å². The third-order valence-electron chi connectivity index (χ3n) is 3.30. The van der Waals surface area contributed by atoms with Crippen molar-refractivity contribution < 1.29 is 23.8 Å². The van der Waals surface area contributed by atoms with E-state index in [1.807, 2.05) is 0 Å². The van der Waals surface area contributed by atoms with Crippen LogP contribution in [-0.4, -0.2) is 32.5 Å². The Labute approximate surface area is 140 Å². The molecule has 6 heteroatoms. The van der Waals surface area contributed by atoms with Crippen LogP contribution in [0.2, 0.25) is 0 Å². The maximum absolute atomic E-state index is 12.0. The summed E-state index contributed by atoms with van der Waals surface area (Å²) in [4.78, 5) is 23.2. The van der Waals surface area contributed by atoms with Gasteiger partial charge in [0.2, 0.25) is 0 Å². The van der Waals surface area contributed by atoms with E-state index in [9.17, 15) is 9.59 Å². The van der Waals surface area contributed by atoms with Gasteiger partial charge < -0.3 is 19.5 Å². The van der Waals surface area contributed by atoms with E-state index < -0.39 is 0 Å². The fraction of sp³-hybridized carbons (Fsp3) is 0.222. The predicted octanol–water partition coefficient (Wildman–Crippen LogP) is 2.92. The highest BCUT2D eigenvalue weighted by atomic mass is 16.5. The lowest BCUT2D eigenvalue weighted by Crippen LogP contribution is -2.20. The van der Waals surface area contributed by atoms with Gasteiger partial charge in [-0.2, -0.15) is 0 Å². The first-order chi connectivity index (χ1) is 11.5. The monoisotopic (exact) mass is 329 g/mol. The molecule has 2 aromatic rings. The largest absolute Gasteiger partial charge is 0.493 e. The molecule has 24 heavy (non-hydrogen) atoms. The number of carbonyl (C=O) groups excluding carboxylic acids is 2. The maximum atomic E-state index is 12.0. The molecule has 0 spiro atoms. The first-order valence-corrected chi connectivity index (χ1v) is 7.29. The van der Waals surface area contributed by atoms with Gasteiger partial charge in [0.1, 0.15) is 5.75 Å². The summed E-state index contributed by atoms with van der Waals surface area (Å²) in [6.45, 7) is 1.35. The van der Waals surface area contributed by atoms with Crippen molar-refractivity contribution in [1.29, 1.82) is 0 Å². The molecular weight excluding hydrogens is 310 g/mol. The van der Waals surface area contributed by atoms with Crippen LogP contribution in [0.25, 0.3) is 0 Å². The topological polar surface area (TPSA) is 73.9 Å². The number of hydrogen-bond donors (Lipinski definition) is 1. The summed E-state index contributed by atoms with van der Waals surface area (Å²) in [6, 6.07) is 11.7. The van der Waals surface area contributed by atoms with E-state index in [0.717, 1.165) is 0 Å². The average molecular weight is 329 g/mol. The van der Waals surface area contributed by atoms with E-state index in [-0.39, 0.29) is 18.3 Å². The number of ketones is 1. The Bertz CT molecular complexity index is 725. The number of methoxy groups -OCH3 is 2. The van der Waals surface area contributed by atoms with Gasteiger partial charge in [-0.05, 0) is 43.3 Å². The van der Waals surface area contributed by atoms with E-state index in [0.29, 0.717) is 28.5 Å². The number of carbonyl (C=O) groups is 2. The predicted molar refractivity (Wildman–Crippen MR) is 90.1 cm³/mol. The molecular formula is C18H19NO5. The molecule has 6 nitrogen and oxygen atoms in total.